The highest BCUT2D eigenvalue weighted by Gasteiger charge is 2.49. The van der Waals surface area contributed by atoms with Crippen molar-refractivity contribution in [2.45, 2.75) is 30.4 Å². The van der Waals surface area contributed by atoms with Gasteiger partial charge in [-0.05, 0) is 0 Å². The van der Waals surface area contributed by atoms with Crippen LogP contribution in [-0.4, -0.2) is 57.5 Å². The predicted octanol–water partition coefficient (Wildman–Crippen LogP) is -1.11. The molecule has 11 nitrogen and oxygen atoms in total. The molecular weight excluding hydrogens is 403 g/mol. The summed E-state index contributed by atoms with van der Waals surface area (Å²) in [6, 6.07) is 0. The van der Waals surface area contributed by atoms with Crippen LogP contribution >= 0.6 is 0 Å². The average Bonchev–Trinajstić information content (AvgIpc) is 3.06. The van der Waals surface area contributed by atoms with Gasteiger partial charge in [-0.3, -0.25) is 14.8 Å². The largest absolute Gasteiger partial charge is 0.534 e. The number of aliphatic hydroxyl groups excluding tert-OH is 2. The quantitative estimate of drug-likeness (QED) is 0.361. The van der Waals surface area contributed by atoms with Crippen molar-refractivity contribution in [1.29, 1.82) is 0 Å². The summed E-state index contributed by atoms with van der Waals surface area (Å²) in [7, 11) is -6.09. The van der Waals surface area contributed by atoms with Gasteiger partial charge in [-0.25, -0.2) is 4.79 Å². The minimum absolute atomic E-state index is 0.157. The lowest BCUT2D eigenvalue weighted by Gasteiger charge is -2.14. The Morgan fingerprint density at radius 1 is 1.33 bits per heavy atom. The van der Waals surface area contributed by atoms with Gasteiger partial charge in [0, 0.05) is 6.42 Å². The lowest BCUT2D eigenvalue weighted by molar-refractivity contribution is -0.0500. The standard InChI is InChI=1S/C12H12F3N3O8S/c13-12(14,15)27(23,24)26-5-2-18(7-1-4(20)6(3-19)25-7)9-8(5)10(21)17-11(22)16-9/h2,4,6-7,19-20H,1,3H2,(H2,16,17,21,22)/t4-,6+,7+/m0/s1. The van der Waals surface area contributed by atoms with E-state index in [1.807, 2.05) is 0 Å². The first kappa shape index (κ1) is 19.4. The first-order valence-electron chi connectivity index (χ1n) is 7.27. The number of rotatable bonds is 4. The second kappa shape index (κ2) is 6.36. The van der Waals surface area contributed by atoms with Crippen molar-refractivity contribution in [3.8, 4) is 5.75 Å². The van der Waals surface area contributed by atoms with E-state index in [0.717, 1.165) is 10.8 Å². The molecule has 0 aliphatic carbocycles. The summed E-state index contributed by atoms with van der Waals surface area (Å²) in [5.74, 6) is -0.995. The van der Waals surface area contributed by atoms with Gasteiger partial charge < -0.3 is 23.7 Å². The van der Waals surface area contributed by atoms with Crippen LogP contribution in [0.25, 0.3) is 11.0 Å². The Morgan fingerprint density at radius 3 is 2.56 bits per heavy atom. The number of halogens is 3. The van der Waals surface area contributed by atoms with Gasteiger partial charge in [0.1, 0.15) is 23.4 Å². The van der Waals surface area contributed by atoms with Crippen LogP contribution < -0.4 is 15.4 Å². The van der Waals surface area contributed by atoms with Gasteiger partial charge in [0.25, 0.3) is 5.56 Å². The Kier molecular flexibility index (Phi) is 4.57. The molecule has 1 saturated heterocycles. The Bertz CT molecular complexity index is 1090. The zero-order valence-corrected chi connectivity index (χ0v) is 13.9. The highest BCUT2D eigenvalue weighted by atomic mass is 32.2. The summed E-state index contributed by atoms with van der Waals surface area (Å²) in [6.07, 6.45) is -2.73. The van der Waals surface area contributed by atoms with E-state index in [1.165, 1.54) is 0 Å². The van der Waals surface area contributed by atoms with Gasteiger partial charge in [-0.2, -0.15) is 21.6 Å². The fourth-order valence-electron chi connectivity index (χ4n) is 2.66. The molecule has 3 atom stereocenters. The molecule has 0 unspecified atom stereocenters. The summed E-state index contributed by atoms with van der Waals surface area (Å²) >= 11 is 0. The van der Waals surface area contributed by atoms with Gasteiger partial charge in [0.05, 0.1) is 18.9 Å². The molecule has 15 heteroatoms. The zero-order valence-electron chi connectivity index (χ0n) is 13.1. The summed E-state index contributed by atoms with van der Waals surface area (Å²) in [4.78, 5) is 27.4. The first-order chi connectivity index (χ1) is 12.4. The Morgan fingerprint density at radius 2 is 2.00 bits per heavy atom. The molecule has 0 spiro atoms. The smallest absolute Gasteiger partial charge is 0.394 e. The second-order valence-corrected chi connectivity index (χ2v) is 7.17. The first-order valence-corrected chi connectivity index (χ1v) is 8.67. The van der Waals surface area contributed by atoms with Crippen LogP contribution in [0.15, 0.2) is 15.8 Å². The van der Waals surface area contributed by atoms with Gasteiger partial charge in [0.15, 0.2) is 5.75 Å². The lowest BCUT2D eigenvalue weighted by atomic mass is 10.2. The Hall–Kier alpha value is -2.36. The number of alkyl halides is 3. The molecule has 3 rings (SSSR count). The highest BCUT2D eigenvalue weighted by molar-refractivity contribution is 7.88. The van der Waals surface area contributed by atoms with Gasteiger partial charge >= 0.3 is 21.3 Å². The third-order valence-corrected chi connectivity index (χ3v) is 4.83. The fraction of sp³-hybridized carbons (Fsp3) is 0.500. The molecule has 0 amide bonds. The maximum Gasteiger partial charge on any atom is 0.534 e. The maximum atomic E-state index is 12.6. The van der Waals surface area contributed by atoms with Gasteiger partial charge in [0.2, 0.25) is 0 Å². The van der Waals surface area contributed by atoms with Crippen molar-refractivity contribution in [3.63, 3.8) is 0 Å². The molecule has 27 heavy (non-hydrogen) atoms. The number of aliphatic hydroxyl groups is 2. The van der Waals surface area contributed by atoms with Crippen LogP contribution in [0.2, 0.25) is 0 Å². The van der Waals surface area contributed by atoms with Crippen molar-refractivity contribution < 1.29 is 40.7 Å². The van der Waals surface area contributed by atoms with Crippen LogP contribution in [0.3, 0.4) is 0 Å². The predicted molar refractivity (Wildman–Crippen MR) is 80.4 cm³/mol. The number of ether oxygens (including phenoxy) is 1. The molecule has 1 aliphatic heterocycles. The lowest BCUT2D eigenvalue weighted by Crippen LogP contribution is -2.28. The van der Waals surface area contributed by atoms with Crippen molar-refractivity contribution in [3.05, 3.63) is 27.0 Å². The average molecular weight is 415 g/mol. The molecule has 0 aromatic carbocycles. The summed E-state index contributed by atoms with van der Waals surface area (Å²) in [5, 5.41) is 18.2. The van der Waals surface area contributed by atoms with Gasteiger partial charge in [-0.1, -0.05) is 0 Å². The van der Waals surface area contributed by atoms with E-state index in [0.29, 0.717) is 0 Å². The second-order valence-electron chi connectivity index (χ2n) is 5.63. The Labute approximate surface area is 147 Å². The summed E-state index contributed by atoms with van der Waals surface area (Å²) < 4.78 is 70.6. The molecule has 1 fully saturated rings. The van der Waals surface area contributed by atoms with Crippen molar-refractivity contribution in [2.75, 3.05) is 6.61 Å². The minimum atomic E-state index is -6.09. The van der Waals surface area contributed by atoms with E-state index in [-0.39, 0.29) is 12.1 Å². The topological polar surface area (TPSA) is 164 Å². The molecule has 0 bridgehead atoms. The van der Waals surface area contributed by atoms with Crippen molar-refractivity contribution >= 4 is 21.2 Å². The van der Waals surface area contributed by atoms with Gasteiger partial charge in [-0.15, -0.1) is 0 Å². The number of hydrogen-bond donors (Lipinski definition) is 4. The monoisotopic (exact) mass is 415 g/mol. The fourth-order valence-corrected chi connectivity index (χ4v) is 3.12. The molecule has 0 radical (unpaired) electrons. The Balaban J connectivity index is 2.17. The van der Waals surface area contributed by atoms with Crippen LogP contribution in [0, 0.1) is 0 Å². The number of aromatic amines is 2. The highest BCUT2D eigenvalue weighted by Crippen LogP contribution is 2.36. The van der Waals surface area contributed by atoms with E-state index >= 15 is 0 Å². The molecule has 2 aromatic rings. The van der Waals surface area contributed by atoms with Crippen molar-refractivity contribution in [1.82, 2.24) is 14.5 Å². The SMILES string of the molecule is O=c1[nH]c(=O)c2c(OS(=O)(=O)C(F)(F)F)cn([C@H]3C[C@H](O)[C@@H](CO)O3)c2[nH]1. The molecular formula is C12H12F3N3O8S. The normalized spacial score (nSPS) is 23.8. The maximum absolute atomic E-state index is 12.6. The zero-order chi connectivity index (χ0) is 20.1. The van der Waals surface area contributed by atoms with Crippen LogP contribution in [0.1, 0.15) is 12.6 Å². The van der Waals surface area contributed by atoms with Crippen LogP contribution in [-0.2, 0) is 14.9 Å². The van der Waals surface area contributed by atoms with E-state index in [1.54, 1.807) is 4.98 Å². The van der Waals surface area contributed by atoms with E-state index in [9.17, 15) is 36.3 Å². The van der Waals surface area contributed by atoms with E-state index in [4.69, 9.17) is 9.84 Å². The van der Waals surface area contributed by atoms with Crippen LogP contribution in [0.5, 0.6) is 5.75 Å². The summed E-state index contributed by atoms with van der Waals surface area (Å²) in [5.41, 5.74) is -8.35. The summed E-state index contributed by atoms with van der Waals surface area (Å²) in [6.45, 7) is -0.570. The number of hydrogen-bond acceptors (Lipinski definition) is 8. The number of nitrogens with zero attached hydrogens (tertiary/aromatic N) is 1. The van der Waals surface area contributed by atoms with Crippen molar-refractivity contribution in [2.24, 2.45) is 0 Å². The molecule has 150 valence electrons. The van der Waals surface area contributed by atoms with E-state index in [2.05, 4.69) is 9.17 Å². The number of nitrogens with one attached hydrogen (secondary N) is 2. The third kappa shape index (κ3) is 3.33. The molecule has 3 heterocycles. The molecule has 1 aliphatic rings. The number of H-pyrrole nitrogens is 2. The third-order valence-electron chi connectivity index (χ3n) is 3.86. The number of aromatic nitrogens is 3. The molecule has 2 aromatic heterocycles. The van der Waals surface area contributed by atoms with Crippen LogP contribution in [0.4, 0.5) is 13.2 Å². The molecule has 4 N–H and O–H groups in total. The minimum Gasteiger partial charge on any atom is -0.394 e. The van der Waals surface area contributed by atoms with E-state index < -0.39 is 63.1 Å². The molecule has 0 saturated carbocycles. The number of fused-ring (bicyclic) bond motifs is 1.